The first-order chi connectivity index (χ1) is 10.3. The first kappa shape index (κ1) is 15.1. The van der Waals surface area contributed by atoms with Crippen LogP contribution in [0.4, 0.5) is 11.9 Å². The Labute approximate surface area is 134 Å². The third-order valence-electron chi connectivity index (χ3n) is 3.76. The van der Waals surface area contributed by atoms with Crippen LogP contribution < -0.4 is 9.80 Å². The first-order valence-electron chi connectivity index (χ1n) is 7.37. The second kappa shape index (κ2) is 6.98. The average molecular weight is 330 g/mol. The zero-order valence-electron chi connectivity index (χ0n) is 12.2. The third-order valence-corrected chi connectivity index (χ3v) is 5.30. The summed E-state index contributed by atoms with van der Waals surface area (Å²) in [5.41, 5.74) is 0. The van der Waals surface area contributed by atoms with Gasteiger partial charge in [-0.05, 0) is 18.0 Å². The minimum absolute atomic E-state index is 0.271. The monoisotopic (exact) mass is 329 g/mol. The van der Waals surface area contributed by atoms with Crippen molar-refractivity contribution < 1.29 is 4.74 Å². The molecule has 0 saturated carbocycles. The van der Waals surface area contributed by atoms with E-state index in [1.54, 1.807) is 0 Å². The summed E-state index contributed by atoms with van der Waals surface area (Å²) in [5.74, 6) is 2.48. The van der Waals surface area contributed by atoms with Gasteiger partial charge in [0.1, 0.15) is 0 Å². The molecule has 1 aromatic rings. The predicted molar refractivity (Wildman–Crippen MR) is 86.6 cm³/mol. The molecule has 0 amide bonds. The Hall–Kier alpha value is -0.790. The molecule has 3 rings (SSSR count). The van der Waals surface area contributed by atoms with Crippen molar-refractivity contribution in [1.82, 2.24) is 15.0 Å². The van der Waals surface area contributed by atoms with Crippen molar-refractivity contribution in [2.45, 2.75) is 18.6 Å². The summed E-state index contributed by atoms with van der Waals surface area (Å²) < 4.78 is 5.37. The highest BCUT2D eigenvalue weighted by molar-refractivity contribution is 8.00. The van der Waals surface area contributed by atoms with Gasteiger partial charge >= 0.3 is 0 Å². The van der Waals surface area contributed by atoms with Gasteiger partial charge in [0.2, 0.25) is 17.2 Å². The SMILES string of the molecule is CCC1CN(c2nc(Cl)nc(N3CCOCC3)n2)CCS1. The molecule has 1 aromatic heterocycles. The Balaban J connectivity index is 1.80. The number of hydrogen-bond acceptors (Lipinski definition) is 7. The predicted octanol–water partition coefficient (Wildman–Crippen LogP) is 1.69. The van der Waals surface area contributed by atoms with E-state index < -0.39 is 0 Å². The fourth-order valence-electron chi connectivity index (χ4n) is 2.52. The molecule has 0 radical (unpaired) electrons. The quantitative estimate of drug-likeness (QED) is 0.836. The molecular formula is C13H20ClN5OS. The summed E-state index contributed by atoms with van der Waals surface area (Å²) in [5, 5.41) is 0.911. The van der Waals surface area contributed by atoms with Gasteiger partial charge in [0.15, 0.2) is 0 Å². The Morgan fingerprint density at radius 1 is 1.14 bits per heavy atom. The summed E-state index contributed by atoms with van der Waals surface area (Å²) in [4.78, 5) is 17.6. The minimum atomic E-state index is 0.271. The highest BCUT2D eigenvalue weighted by atomic mass is 35.5. The highest BCUT2D eigenvalue weighted by Gasteiger charge is 2.23. The molecule has 116 valence electrons. The Bertz CT molecular complexity index is 486. The second-order valence-electron chi connectivity index (χ2n) is 5.15. The van der Waals surface area contributed by atoms with Crippen LogP contribution in [0.25, 0.3) is 0 Å². The molecular weight excluding hydrogens is 310 g/mol. The van der Waals surface area contributed by atoms with E-state index in [0.29, 0.717) is 30.4 Å². The number of ether oxygens (including phenoxy) is 1. The van der Waals surface area contributed by atoms with E-state index in [9.17, 15) is 0 Å². The molecule has 21 heavy (non-hydrogen) atoms. The normalized spacial score (nSPS) is 23.4. The van der Waals surface area contributed by atoms with Crippen molar-refractivity contribution in [2.75, 3.05) is 54.9 Å². The maximum Gasteiger partial charge on any atom is 0.231 e. The average Bonchev–Trinajstić information content (AvgIpc) is 2.55. The van der Waals surface area contributed by atoms with Gasteiger partial charge in [-0.3, -0.25) is 0 Å². The molecule has 2 saturated heterocycles. The summed E-state index contributed by atoms with van der Waals surface area (Å²) in [7, 11) is 0. The lowest BCUT2D eigenvalue weighted by atomic mass is 10.3. The summed E-state index contributed by atoms with van der Waals surface area (Å²) >= 11 is 8.13. The molecule has 0 aromatic carbocycles. The van der Waals surface area contributed by atoms with Crippen molar-refractivity contribution >= 4 is 35.3 Å². The third kappa shape index (κ3) is 3.70. The van der Waals surface area contributed by atoms with Crippen molar-refractivity contribution in [1.29, 1.82) is 0 Å². The van der Waals surface area contributed by atoms with Crippen LogP contribution in [0, 0.1) is 0 Å². The van der Waals surface area contributed by atoms with Crippen LogP contribution in [0.15, 0.2) is 0 Å². The van der Waals surface area contributed by atoms with E-state index in [2.05, 4.69) is 31.7 Å². The number of morpholine rings is 1. The maximum atomic E-state index is 6.11. The van der Waals surface area contributed by atoms with Crippen LogP contribution in [0.2, 0.25) is 5.28 Å². The minimum Gasteiger partial charge on any atom is -0.378 e. The van der Waals surface area contributed by atoms with Crippen LogP contribution in [0.5, 0.6) is 0 Å². The zero-order valence-corrected chi connectivity index (χ0v) is 13.7. The van der Waals surface area contributed by atoms with Crippen molar-refractivity contribution in [3.63, 3.8) is 0 Å². The lowest BCUT2D eigenvalue weighted by Gasteiger charge is -2.33. The van der Waals surface area contributed by atoms with Gasteiger partial charge in [0.25, 0.3) is 0 Å². The molecule has 0 bridgehead atoms. The molecule has 2 fully saturated rings. The van der Waals surface area contributed by atoms with E-state index in [0.717, 1.165) is 38.4 Å². The van der Waals surface area contributed by atoms with E-state index in [-0.39, 0.29) is 5.28 Å². The number of aromatic nitrogens is 3. The molecule has 2 aliphatic rings. The maximum absolute atomic E-state index is 6.11. The molecule has 0 N–H and O–H groups in total. The summed E-state index contributed by atoms with van der Waals surface area (Å²) in [6, 6.07) is 0. The molecule has 0 aliphatic carbocycles. The van der Waals surface area contributed by atoms with Gasteiger partial charge in [0, 0.05) is 37.2 Å². The summed E-state index contributed by atoms with van der Waals surface area (Å²) in [6.07, 6.45) is 1.16. The standard InChI is InChI=1S/C13H20ClN5OS/c1-2-10-9-19(5-8-21-10)13-16-11(14)15-12(17-13)18-3-6-20-7-4-18/h10H,2-9H2,1H3. The van der Waals surface area contributed by atoms with Gasteiger partial charge in [-0.2, -0.15) is 26.7 Å². The van der Waals surface area contributed by atoms with Crippen molar-refractivity contribution in [2.24, 2.45) is 0 Å². The second-order valence-corrected chi connectivity index (χ2v) is 6.90. The molecule has 3 heterocycles. The van der Waals surface area contributed by atoms with Crippen LogP contribution in [-0.2, 0) is 4.74 Å². The Morgan fingerprint density at radius 3 is 2.57 bits per heavy atom. The Morgan fingerprint density at radius 2 is 1.86 bits per heavy atom. The fourth-order valence-corrected chi connectivity index (χ4v) is 3.86. The van der Waals surface area contributed by atoms with Gasteiger partial charge < -0.3 is 14.5 Å². The molecule has 0 spiro atoms. The van der Waals surface area contributed by atoms with Crippen LogP contribution in [0.1, 0.15) is 13.3 Å². The van der Waals surface area contributed by atoms with Crippen molar-refractivity contribution in [3.8, 4) is 0 Å². The topological polar surface area (TPSA) is 54.4 Å². The molecule has 1 unspecified atom stereocenters. The summed E-state index contributed by atoms with van der Waals surface area (Å²) in [6.45, 7) is 7.17. The number of thioether (sulfide) groups is 1. The van der Waals surface area contributed by atoms with E-state index >= 15 is 0 Å². The molecule has 6 nitrogen and oxygen atoms in total. The highest BCUT2D eigenvalue weighted by Crippen LogP contribution is 2.25. The first-order valence-corrected chi connectivity index (χ1v) is 8.79. The lowest BCUT2D eigenvalue weighted by Crippen LogP contribution is -2.40. The number of hydrogen-bond donors (Lipinski definition) is 0. The Kier molecular flexibility index (Phi) is 5.03. The number of nitrogens with zero attached hydrogens (tertiary/aromatic N) is 5. The fraction of sp³-hybridized carbons (Fsp3) is 0.769. The molecule has 2 aliphatic heterocycles. The lowest BCUT2D eigenvalue weighted by molar-refractivity contribution is 0.122. The number of halogens is 1. The van der Waals surface area contributed by atoms with Crippen LogP contribution in [-0.4, -0.2) is 65.3 Å². The molecule has 1 atom stereocenters. The smallest absolute Gasteiger partial charge is 0.231 e. The van der Waals surface area contributed by atoms with Gasteiger partial charge in [0.05, 0.1) is 13.2 Å². The number of anilines is 2. The van der Waals surface area contributed by atoms with Gasteiger partial charge in [-0.1, -0.05) is 6.92 Å². The molecule has 8 heteroatoms. The largest absolute Gasteiger partial charge is 0.378 e. The van der Waals surface area contributed by atoms with Crippen LogP contribution in [0.3, 0.4) is 0 Å². The van der Waals surface area contributed by atoms with Crippen LogP contribution >= 0.6 is 23.4 Å². The van der Waals surface area contributed by atoms with E-state index in [4.69, 9.17) is 16.3 Å². The van der Waals surface area contributed by atoms with E-state index in [1.807, 2.05) is 11.8 Å². The number of rotatable bonds is 3. The van der Waals surface area contributed by atoms with E-state index in [1.165, 1.54) is 0 Å². The van der Waals surface area contributed by atoms with Crippen molar-refractivity contribution in [3.05, 3.63) is 5.28 Å². The van der Waals surface area contributed by atoms with Gasteiger partial charge in [-0.15, -0.1) is 0 Å². The van der Waals surface area contributed by atoms with Gasteiger partial charge in [-0.25, -0.2) is 0 Å². The zero-order chi connectivity index (χ0) is 14.7.